The lowest BCUT2D eigenvalue weighted by atomic mass is 10.1. The van der Waals surface area contributed by atoms with Gasteiger partial charge in [-0.1, -0.05) is 22.0 Å². The largest absolute Gasteiger partial charge is 0.471 e. The summed E-state index contributed by atoms with van der Waals surface area (Å²) < 4.78 is 42.7. The SMILES string of the molecule is Cc1c(Br)ccc(NC(=O)COC(=O)c2cccc(NC(=O)C(F)(F)F)c2)c1C. The minimum Gasteiger partial charge on any atom is -0.452 e. The molecule has 0 spiro atoms. The van der Waals surface area contributed by atoms with Crippen molar-refractivity contribution in [3.63, 3.8) is 0 Å². The Morgan fingerprint density at radius 3 is 2.38 bits per heavy atom. The Morgan fingerprint density at radius 2 is 1.72 bits per heavy atom. The van der Waals surface area contributed by atoms with E-state index in [9.17, 15) is 27.6 Å². The van der Waals surface area contributed by atoms with Gasteiger partial charge >= 0.3 is 18.1 Å². The van der Waals surface area contributed by atoms with Crippen LogP contribution in [0.15, 0.2) is 40.9 Å². The molecule has 0 heterocycles. The third kappa shape index (κ3) is 6.05. The first-order valence-electron chi connectivity index (χ1n) is 8.20. The van der Waals surface area contributed by atoms with Gasteiger partial charge < -0.3 is 15.4 Å². The second-order valence-corrected chi connectivity index (χ2v) is 6.86. The first-order valence-corrected chi connectivity index (χ1v) is 8.99. The number of rotatable bonds is 5. The predicted octanol–water partition coefficient (Wildman–Crippen LogP) is 4.36. The summed E-state index contributed by atoms with van der Waals surface area (Å²) in [6.07, 6.45) is -5.06. The number of halogens is 4. The molecule has 6 nitrogen and oxygen atoms in total. The Hall–Kier alpha value is -2.88. The summed E-state index contributed by atoms with van der Waals surface area (Å²) in [6, 6.07) is 8.23. The number of esters is 1. The number of nitrogens with one attached hydrogen (secondary N) is 2. The molecule has 2 amide bonds. The maximum Gasteiger partial charge on any atom is 0.471 e. The third-order valence-electron chi connectivity index (χ3n) is 3.94. The summed E-state index contributed by atoms with van der Waals surface area (Å²) in [5.74, 6) is -3.67. The molecule has 0 aliphatic carbocycles. The van der Waals surface area contributed by atoms with Crippen molar-refractivity contribution in [2.24, 2.45) is 0 Å². The standard InChI is InChI=1S/C19H16BrF3N2O4/c1-10-11(2)15(7-6-14(10)20)25-16(26)9-29-17(27)12-4-3-5-13(8-12)24-18(28)19(21,22)23/h3-8H,9H2,1-2H3,(H,24,28)(H,25,26). The molecule has 0 aliphatic heterocycles. The van der Waals surface area contributed by atoms with Crippen LogP contribution in [0.2, 0.25) is 0 Å². The Balaban J connectivity index is 1.97. The van der Waals surface area contributed by atoms with Gasteiger partial charge in [0.25, 0.3) is 5.91 Å². The molecule has 10 heteroatoms. The Morgan fingerprint density at radius 1 is 1.03 bits per heavy atom. The van der Waals surface area contributed by atoms with Crippen molar-refractivity contribution >= 4 is 45.1 Å². The summed E-state index contributed by atoms with van der Waals surface area (Å²) >= 11 is 3.38. The maximum absolute atomic E-state index is 12.3. The minimum absolute atomic E-state index is 0.117. The quantitative estimate of drug-likeness (QED) is 0.633. The molecule has 154 valence electrons. The number of carbonyl (C=O) groups is 3. The van der Waals surface area contributed by atoms with E-state index in [1.165, 1.54) is 18.2 Å². The van der Waals surface area contributed by atoms with Crippen molar-refractivity contribution in [2.45, 2.75) is 20.0 Å². The van der Waals surface area contributed by atoms with Crippen LogP contribution in [0.4, 0.5) is 24.5 Å². The van der Waals surface area contributed by atoms with E-state index in [-0.39, 0.29) is 11.3 Å². The van der Waals surface area contributed by atoms with E-state index >= 15 is 0 Å². The van der Waals surface area contributed by atoms with Gasteiger partial charge in [0.05, 0.1) is 5.56 Å². The smallest absolute Gasteiger partial charge is 0.452 e. The van der Waals surface area contributed by atoms with Crippen LogP contribution < -0.4 is 10.6 Å². The van der Waals surface area contributed by atoms with Gasteiger partial charge in [0.15, 0.2) is 6.61 Å². The van der Waals surface area contributed by atoms with Gasteiger partial charge in [-0.15, -0.1) is 0 Å². The predicted molar refractivity (Wildman–Crippen MR) is 104 cm³/mol. The fourth-order valence-electron chi connectivity index (χ4n) is 2.25. The van der Waals surface area contributed by atoms with Crippen molar-refractivity contribution in [3.8, 4) is 0 Å². The van der Waals surface area contributed by atoms with Gasteiger partial charge in [-0.25, -0.2) is 4.79 Å². The molecular formula is C19H16BrF3N2O4. The lowest BCUT2D eigenvalue weighted by Crippen LogP contribution is -2.30. The summed E-state index contributed by atoms with van der Waals surface area (Å²) in [5, 5.41) is 4.26. The fraction of sp³-hybridized carbons (Fsp3) is 0.211. The van der Waals surface area contributed by atoms with Crippen molar-refractivity contribution in [1.29, 1.82) is 0 Å². The van der Waals surface area contributed by atoms with Gasteiger partial charge in [-0.2, -0.15) is 13.2 Å². The highest BCUT2D eigenvalue weighted by molar-refractivity contribution is 9.10. The highest BCUT2D eigenvalue weighted by Crippen LogP contribution is 2.25. The molecule has 0 fully saturated rings. The van der Waals surface area contributed by atoms with E-state index in [4.69, 9.17) is 4.74 Å². The van der Waals surface area contributed by atoms with Crippen LogP contribution in [-0.2, 0) is 14.3 Å². The number of hydrogen-bond acceptors (Lipinski definition) is 4. The highest BCUT2D eigenvalue weighted by atomic mass is 79.9. The Labute approximate surface area is 172 Å². The molecule has 0 aliphatic rings. The van der Waals surface area contributed by atoms with Crippen LogP contribution in [0, 0.1) is 13.8 Å². The maximum atomic E-state index is 12.3. The molecule has 0 saturated heterocycles. The molecule has 2 aromatic rings. The van der Waals surface area contributed by atoms with Gasteiger partial charge in [-0.05, 0) is 55.3 Å². The van der Waals surface area contributed by atoms with E-state index in [1.54, 1.807) is 17.4 Å². The van der Waals surface area contributed by atoms with Crippen LogP contribution in [-0.4, -0.2) is 30.6 Å². The number of ether oxygens (including phenoxy) is 1. The average Bonchev–Trinajstić information content (AvgIpc) is 2.66. The van der Waals surface area contributed by atoms with Crippen LogP contribution in [0.1, 0.15) is 21.5 Å². The highest BCUT2D eigenvalue weighted by Gasteiger charge is 2.38. The normalized spacial score (nSPS) is 11.0. The van der Waals surface area contributed by atoms with Crippen LogP contribution in [0.5, 0.6) is 0 Å². The second kappa shape index (κ2) is 9.08. The van der Waals surface area contributed by atoms with Crippen LogP contribution >= 0.6 is 15.9 Å². The first-order chi connectivity index (χ1) is 13.5. The average molecular weight is 473 g/mol. The molecule has 0 saturated carbocycles. The zero-order chi connectivity index (χ0) is 21.8. The molecular weight excluding hydrogens is 457 g/mol. The first kappa shape index (κ1) is 22.4. The van der Waals surface area contributed by atoms with Crippen LogP contribution in [0.25, 0.3) is 0 Å². The van der Waals surface area contributed by atoms with E-state index < -0.39 is 30.6 Å². The monoisotopic (exact) mass is 472 g/mol. The van der Waals surface area contributed by atoms with Crippen molar-refractivity contribution in [3.05, 3.63) is 57.6 Å². The second-order valence-electron chi connectivity index (χ2n) is 6.00. The van der Waals surface area contributed by atoms with E-state index in [2.05, 4.69) is 21.2 Å². The summed E-state index contributed by atoms with van der Waals surface area (Å²) in [6.45, 7) is 3.11. The summed E-state index contributed by atoms with van der Waals surface area (Å²) in [7, 11) is 0. The molecule has 2 rings (SSSR count). The molecule has 2 aromatic carbocycles. The zero-order valence-electron chi connectivity index (χ0n) is 15.3. The van der Waals surface area contributed by atoms with E-state index in [1.807, 2.05) is 13.8 Å². The number of alkyl halides is 3. The number of hydrogen-bond donors (Lipinski definition) is 2. The van der Waals surface area contributed by atoms with Gasteiger partial charge in [-0.3, -0.25) is 9.59 Å². The van der Waals surface area contributed by atoms with Crippen molar-refractivity contribution in [1.82, 2.24) is 0 Å². The molecule has 0 unspecified atom stereocenters. The zero-order valence-corrected chi connectivity index (χ0v) is 16.9. The Bertz CT molecular complexity index is 961. The summed E-state index contributed by atoms with van der Waals surface area (Å²) in [4.78, 5) is 35.1. The van der Waals surface area contributed by atoms with E-state index in [0.29, 0.717) is 5.69 Å². The Kier molecular flexibility index (Phi) is 7.02. The number of amides is 2. The lowest BCUT2D eigenvalue weighted by molar-refractivity contribution is -0.167. The number of anilines is 2. The fourth-order valence-corrected chi connectivity index (χ4v) is 2.68. The minimum atomic E-state index is -5.06. The number of carbonyl (C=O) groups excluding carboxylic acids is 3. The topological polar surface area (TPSA) is 84.5 Å². The summed E-state index contributed by atoms with van der Waals surface area (Å²) in [5.41, 5.74) is 1.99. The van der Waals surface area contributed by atoms with E-state index in [0.717, 1.165) is 21.7 Å². The molecule has 29 heavy (non-hydrogen) atoms. The molecule has 0 radical (unpaired) electrons. The van der Waals surface area contributed by atoms with Crippen molar-refractivity contribution in [2.75, 3.05) is 17.2 Å². The van der Waals surface area contributed by atoms with Gasteiger partial charge in [0, 0.05) is 15.8 Å². The molecule has 0 bridgehead atoms. The van der Waals surface area contributed by atoms with Crippen LogP contribution in [0.3, 0.4) is 0 Å². The van der Waals surface area contributed by atoms with Crippen molar-refractivity contribution < 1.29 is 32.3 Å². The third-order valence-corrected chi connectivity index (χ3v) is 4.80. The molecule has 0 aromatic heterocycles. The van der Waals surface area contributed by atoms with Gasteiger partial charge in [0.1, 0.15) is 0 Å². The molecule has 0 atom stereocenters. The lowest BCUT2D eigenvalue weighted by Gasteiger charge is -2.12. The molecule has 2 N–H and O–H groups in total. The number of benzene rings is 2. The van der Waals surface area contributed by atoms with Gasteiger partial charge in [0.2, 0.25) is 0 Å².